The fourth-order valence-electron chi connectivity index (χ4n) is 3.13. The Hall–Kier alpha value is -2.84. The van der Waals surface area contributed by atoms with Crippen LogP contribution in [0.5, 0.6) is 5.75 Å². The van der Waals surface area contributed by atoms with Crippen molar-refractivity contribution in [1.29, 1.82) is 0 Å². The number of aromatic nitrogens is 1. The van der Waals surface area contributed by atoms with E-state index in [1.54, 1.807) is 0 Å². The smallest absolute Gasteiger partial charge is 0.417 e. The minimum Gasteiger partial charge on any atom is -0.496 e. The Morgan fingerprint density at radius 2 is 1.89 bits per heavy atom. The van der Waals surface area contributed by atoms with E-state index in [9.17, 15) is 22.4 Å². The molecule has 1 aromatic heterocycles. The van der Waals surface area contributed by atoms with Crippen LogP contribution < -0.4 is 9.64 Å². The van der Waals surface area contributed by atoms with Crippen molar-refractivity contribution in [3.63, 3.8) is 0 Å². The van der Waals surface area contributed by atoms with Gasteiger partial charge in [-0.1, -0.05) is 6.07 Å². The first-order chi connectivity index (χ1) is 13.3. The van der Waals surface area contributed by atoms with E-state index >= 15 is 0 Å². The average molecular weight is 397 g/mol. The van der Waals surface area contributed by atoms with E-state index in [1.807, 2.05) is 4.90 Å². The van der Waals surface area contributed by atoms with Gasteiger partial charge in [0.2, 0.25) is 0 Å². The standard InChI is InChI=1S/C19H19F4N3O2/c1-28-15-5-2-4-14(20)17(15)18(27)26-9-3-8-25(10-11-26)16-7-6-13(12-24-16)19(21,22)23/h2,4-7,12H,3,8-11H2,1H3. The molecule has 150 valence electrons. The van der Waals surface area contributed by atoms with Gasteiger partial charge in [0.05, 0.1) is 12.7 Å². The van der Waals surface area contributed by atoms with Crippen LogP contribution in [-0.4, -0.2) is 49.1 Å². The SMILES string of the molecule is COc1cccc(F)c1C(=O)N1CCCN(c2ccc(C(F)(F)F)cn2)CC1. The number of rotatable bonds is 3. The van der Waals surface area contributed by atoms with Crippen LogP contribution in [0.1, 0.15) is 22.3 Å². The number of benzene rings is 1. The summed E-state index contributed by atoms with van der Waals surface area (Å²) in [5.74, 6) is -0.562. The second-order valence-electron chi connectivity index (χ2n) is 6.35. The van der Waals surface area contributed by atoms with E-state index < -0.39 is 23.5 Å². The van der Waals surface area contributed by atoms with Crippen LogP contribution in [0.15, 0.2) is 36.5 Å². The van der Waals surface area contributed by atoms with Gasteiger partial charge in [-0.2, -0.15) is 13.2 Å². The molecular weight excluding hydrogens is 378 g/mol. The van der Waals surface area contributed by atoms with E-state index in [4.69, 9.17) is 4.74 Å². The highest BCUT2D eigenvalue weighted by Crippen LogP contribution is 2.29. The summed E-state index contributed by atoms with van der Waals surface area (Å²) in [6, 6.07) is 6.49. The van der Waals surface area contributed by atoms with Gasteiger partial charge >= 0.3 is 6.18 Å². The maximum Gasteiger partial charge on any atom is 0.417 e. The van der Waals surface area contributed by atoms with Gasteiger partial charge in [0.15, 0.2) is 0 Å². The van der Waals surface area contributed by atoms with Gasteiger partial charge < -0.3 is 14.5 Å². The summed E-state index contributed by atoms with van der Waals surface area (Å²) >= 11 is 0. The molecular formula is C19H19F4N3O2. The second kappa shape index (κ2) is 8.04. The van der Waals surface area contributed by atoms with Gasteiger partial charge in [-0.05, 0) is 30.7 Å². The summed E-state index contributed by atoms with van der Waals surface area (Å²) in [4.78, 5) is 20.0. The van der Waals surface area contributed by atoms with Gasteiger partial charge in [-0.3, -0.25) is 4.79 Å². The van der Waals surface area contributed by atoms with Crippen LogP contribution in [0, 0.1) is 5.82 Å². The predicted molar refractivity (Wildman–Crippen MR) is 94.9 cm³/mol. The van der Waals surface area contributed by atoms with Crippen LogP contribution in [0.25, 0.3) is 0 Å². The molecule has 1 fully saturated rings. The van der Waals surface area contributed by atoms with Crippen molar-refractivity contribution < 1.29 is 27.1 Å². The van der Waals surface area contributed by atoms with E-state index in [2.05, 4.69) is 4.98 Å². The van der Waals surface area contributed by atoms with Crippen molar-refractivity contribution in [2.75, 3.05) is 38.2 Å². The number of methoxy groups -OCH3 is 1. The number of alkyl halides is 3. The number of hydrogen-bond donors (Lipinski definition) is 0. The molecule has 1 aliphatic rings. The molecule has 0 atom stereocenters. The number of hydrogen-bond acceptors (Lipinski definition) is 4. The summed E-state index contributed by atoms with van der Waals surface area (Å²) in [5.41, 5.74) is -0.930. The maximum atomic E-state index is 14.2. The normalized spacial score (nSPS) is 15.3. The summed E-state index contributed by atoms with van der Waals surface area (Å²) in [6.07, 6.45) is -3.06. The Morgan fingerprint density at radius 1 is 1.11 bits per heavy atom. The van der Waals surface area contributed by atoms with Crippen LogP contribution in [-0.2, 0) is 6.18 Å². The van der Waals surface area contributed by atoms with E-state index in [-0.39, 0.29) is 11.3 Å². The lowest BCUT2D eigenvalue weighted by Gasteiger charge is -2.23. The molecule has 0 spiro atoms. The van der Waals surface area contributed by atoms with Crippen molar-refractivity contribution in [1.82, 2.24) is 9.88 Å². The van der Waals surface area contributed by atoms with Gasteiger partial charge in [-0.15, -0.1) is 0 Å². The van der Waals surface area contributed by atoms with Crippen LogP contribution in [0.4, 0.5) is 23.4 Å². The minimum atomic E-state index is -4.44. The highest BCUT2D eigenvalue weighted by molar-refractivity contribution is 5.97. The summed E-state index contributed by atoms with van der Waals surface area (Å²) in [6.45, 7) is 1.59. The third-order valence-corrected chi connectivity index (χ3v) is 4.59. The zero-order chi connectivity index (χ0) is 20.3. The Morgan fingerprint density at radius 3 is 2.54 bits per heavy atom. The fraction of sp³-hybridized carbons (Fsp3) is 0.368. The Kier molecular flexibility index (Phi) is 5.71. The zero-order valence-corrected chi connectivity index (χ0v) is 15.2. The number of anilines is 1. The Balaban J connectivity index is 1.72. The van der Waals surface area contributed by atoms with Crippen molar-refractivity contribution in [3.05, 3.63) is 53.5 Å². The molecule has 0 aliphatic carbocycles. The van der Waals surface area contributed by atoms with Gasteiger partial charge in [0.25, 0.3) is 5.91 Å². The van der Waals surface area contributed by atoms with Crippen molar-refractivity contribution in [2.45, 2.75) is 12.6 Å². The van der Waals surface area contributed by atoms with Crippen LogP contribution in [0.3, 0.4) is 0 Å². The summed E-state index contributed by atoms with van der Waals surface area (Å²) in [5, 5.41) is 0. The number of carbonyl (C=O) groups excluding carboxylic acids is 1. The molecule has 3 rings (SSSR count). The number of carbonyl (C=O) groups is 1. The lowest BCUT2D eigenvalue weighted by Crippen LogP contribution is -2.36. The number of ether oxygens (including phenoxy) is 1. The molecule has 2 aromatic rings. The molecule has 2 heterocycles. The highest BCUT2D eigenvalue weighted by Gasteiger charge is 2.31. The minimum absolute atomic E-state index is 0.119. The lowest BCUT2D eigenvalue weighted by molar-refractivity contribution is -0.137. The molecule has 1 aliphatic heterocycles. The molecule has 28 heavy (non-hydrogen) atoms. The van der Waals surface area contributed by atoms with Crippen molar-refractivity contribution in [2.24, 2.45) is 0 Å². The number of halogens is 4. The quantitative estimate of drug-likeness (QED) is 0.743. The molecule has 1 amide bonds. The molecule has 0 unspecified atom stereocenters. The Labute approximate surface area is 159 Å². The summed E-state index contributed by atoms with van der Waals surface area (Å²) < 4.78 is 57.3. The van der Waals surface area contributed by atoms with Gasteiger partial charge in [0, 0.05) is 32.4 Å². The maximum absolute atomic E-state index is 14.2. The van der Waals surface area contributed by atoms with Crippen LogP contribution in [0.2, 0.25) is 0 Å². The Bertz CT molecular complexity index is 840. The molecule has 0 saturated carbocycles. The second-order valence-corrected chi connectivity index (χ2v) is 6.35. The molecule has 0 bridgehead atoms. The molecule has 9 heteroatoms. The first-order valence-corrected chi connectivity index (χ1v) is 8.71. The first-order valence-electron chi connectivity index (χ1n) is 8.71. The number of amides is 1. The molecule has 0 radical (unpaired) electrons. The van der Waals surface area contributed by atoms with Crippen molar-refractivity contribution >= 4 is 11.7 Å². The van der Waals surface area contributed by atoms with Crippen molar-refractivity contribution in [3.8, 4) is 5.75 Å². The average Bonchev–Trinajstić information content (AvgIpc) is 2.93. The van der Waals surface area contributed by atoms with E-state index in [1.165, 1.54) is 36.3 Å². The lowest BCUT2D eigenvalue weighted by atomic mass is 10.1. The summed E-state index contributed by atoms with van der Waals surface area (Å²) in [7, 11) is 1.37. The highest BCUT2D eigenvalue weighted by atomic mass is 19.4. The molecule has 1 saturated heterocycles. The van der Waals surface area contributed by atoms with E-state index in [0.29, 0.717) is 38.4 Å². The third kappa shape index (κ3) is 4.18. The zero-order valence-electron chi connectivity index (χ0n) is 15.2. The molecule has 5 nitrogen and oxygen atoms in total. The number of nitrogens with zero attached hydrogens (tertiary/aromatic N) is 3. The molecule has 1 aromatic carbocycles. The predicted octanol–water partition coefficient (Wildman–Crippen LogP) is 3.60. The largest absolute Gasteiger partial charge is 0.496 e. The molecule has 0 N–H and O–H groups in total. The van der Waals surface area contributed by atoms with Crippen LogP contribution >= 0.6 is 0 Å². The van der Waals surface area contributed by atoms with Gasteiger partial charge in [0.1, 0.15) is 22.9 Å². The monoisotopic (exact) mass is 397 g/mol. The fourth-order valence-corrected chi connectivity index (χ4v) is 3.13. The van der Waals surface area contributed by atoms with E-state index in [0.717, 1.165) is 12.3 Å². The third-order valence-electron chi connectivity index (χ3n) is 4.59. The number of pyridine rings is 1. The first kappa shape index (κ1) is 19.9. The van der Waals surface area contributed by atoms with Gasteiger partial charge in [-0.25, -0.2) is 9.37 Å². The topological polar surface area (TPSA) is 45.7 Å².